The molecule has 0 saturated heterocycles. The number of hydrogen-bond acceptors (Lipinski definition) is 2. The van der Waals surface area contributed by atoms with Crippen LogP contribution in [0.3, 0.4) is 0 Å². The van der Waals surface area contributed by atoms with Crippen LogP contribution in [0.4, 0.5) is 0 Å². The predicted molar refractivity (Wildman–Crippen MR) is 115 cm³/mol. The van der Waals surface area contributed by atoms with Gasteiger partial charge >= 0.3 is 0 Å². The average molecular weight is 373 g/mol. The Kier molecular flexibility index (Phi) is 7.16. The predicted octanol–water partition coefficient (Wildman–Crippen LogP) is 6.35. The molecule has 2 atom stereocenters. The van der Waals surface area contributed by atoms with E-state index in [0.717, 1.165) is 18.4 Å². The van der Waals surface area contributed by atoms with Gasteiger partial charge in [0.25, 0.3) is 0 Å². The lowest BCUT2D eigenvalue weighted by molar-refractivity contribution is -0.00947. The third-order valence-electron chi connectivity index (χ3n) is 5.13. The zero-order chi connectivity index (χ0) is 19.8. The smallest absolute Gasteiger partial charge is 0.165 e. The Hall–Kier alpha value is -2.71. The van der Waals surface area contributed by atoms with Gasteiger partial charge < -0.3 is 4.74 Å². The van der Waals surface area contributed by atoms with Crippen LogP contribution in [-0.2, 0) is 11.2 Å². The zero-order valence-electron chi connectivity index (χ0n) is 16.7. The molecule has 0 saturated carbocycles. The van der Waals surface area contributed by atoms with Gasteiger partial charge in [-0.1, -0.05) is 84.9 Å². The maximum Gasteiger partial charge on any atom is 0.165 e. The van der Waals surface area contributed by atoms with Crippen molar-refractivity contribution < 1.29 is 9.53 Å². The average Bonchev–Trinajstić information content (AvgIpc) is 2.73. The number of ketones is 1. The summed E-state index contributed by atoms with van der Waals surface area (Å²) in [6, 6.07) is 28.2. The molecular formula is C26H28O2. The van der Waals surface area contributed by atoms with Crippen LogP contribution in [0.5, 0.6) is 0 Å². The number of Topliss-reactive ketones (excluding diaryl/α,β-unsaturated/α-hetero) is 1. The molecule has 0 aliphatic heterocycles. The number of carbonyl (C=O) groups excluding carboxylic acids is 1. The van der Waals surface area contributed by atoms with Crippen molar-refractivity contribution in [2.45, 2.75) is 45.3 Å². The Morgan fingerprint density at radius 3 is 2.14 bits per heavy atom. The lowest BCUT2D eigenvalue weighted by Crippen LogP contribution is -2.21. The van der Waals surface area contributed by atoms with Crippen LogP contribution >= 0.6 is 0 Å². The molecule has 0 spiro atoms. The summed E-state index contributed by atoms with van der Waals surface area (Å²) >= 11 is 0. The van der Waals surface area contributed by atoms with Crippen molar-refractivity contribution in [3.63, 3.8) is 0 Å². The Bertz CT molecular complexity index is 871. The highest BCUT2D eigenvalue weighted by Gasteiger charge is 2.20. The van der Waals surface area contributed by atoms with Gasteiger partial charge in [0.15, 0.2) is 5.78 Å². The molecular weight excluding hydrogens is 344 g/mol. The molecule has 0 aliphatic carbocycles. The molecule has 0 amide bonds. The van der Waals surface area contributed by atoms with E-state index in [1.807, 2.05) is 48.5 Å². The monoisotopic (exact) mass is 372 g/mol. The van der Waals surface area contributed by atoms with Crippen LogP contribution < -0.4 is 0 Å². The summed E-state index contributed by atoms with van der Waals surface area (Å²) in [6.07, 6.45) is 1.94. The third kappa shape index (κ3) is 5.64. The summed E-state index contributed by atoms with van der Waals surface area (Å²) in [7, 11) is 0. The molecule has 3 aromatic rings. The van der Waals surface area contributed by atoms with Gasteiger partial charge in [0, 0.05) is 12.0 Å². The minimum absolute atomic E-state index is 0.0504. The van der Waals surface area contributed by atoms with Crippen molar-refractivity contribution >= 4 is 5.78 Å². The highest BCUT2D eigenvalue weighted by Crippen LogP contribution is 2.25. The van der Waals surface area contributed by atoms with E-state index in [9.17, 15) is 4.79 Å². The van der Waals surface area contributed by atoms with E-state index in [4.69, 9.17) is 4.74 Å². The SMILES string of the molecule is Cc1ccccc1[C@@H](C)O[C@@H](CCc1ccccc1)CC(=O)c1ccccc1. The standard InChI is InChI=1S/C26H28O2/c1-20-11-9-10-16-25(20)21(2)28-24(18-17-22-12-5-3-6-13-22)19-26(27)23-14-7-4-8-15-23/h3-16,21,24H,17-19H2,1-2H3/t21-,24+/m1/s1. The molecule has 2 nitrogen and oxygen atoms in total. The molecule has 0 unspecified atom stereocenters. The van der Waals surface area contributed by atoms with E-state index in [0.29, 0.717) is 6.42 Å². The lowest BCUT2D eigenvalue weighted by atomic mass is 9.99. The van der Waals surface area contributed by atoms with Crippen molar-refractivity contribution in [3.05, 3.63) is 107 Å². The van der Waals surface area contributed by atoms with Crippen LogP contribution in [0.25, 0.3) is 0 Å². The summed E-state index contributed by atoms with van der Waals surface area (Å²) < 4.78 is 6.41. The fraction of sp³-hybridized carbons (Fsp3) is 0.269. The largest absolute Gasteiger partial charge is 0.370 e. The summed E-state index contributed by atoms with van der Waals surface area (Å²) in [6.45, 7) is 4.17. The Labute approximate surface area is 168 Å². The first-order valence-electron chi connectivity index (χ1n) is 9.96. The first-order chi connectivity index (χ1) is 13.6. The Morgan fingerprint density at radius 1 is 0.857 bits per heavy atom. The first kappa shape index (κ1) is 20.0. The van der Waals surface area contributed by atoms with Crippen LogP contribution in [0.1, 0.15) is 52.9 Å². The number of hydrogen-bond donors (Lipinski definition) is 0. The minimum Gasteiger partial charge on any atom is -0.370 e. The van der Waals surface area contributed by atoms with Crippen molar-refractivity contribution in [1.82, 2.24) is 0 Å². The first-order valence-corrected chi connectivity index (χ1v) is 9.96. The van der Waals surface area contributed by atoms with E-state index in [2.05, 4.69) is 50.2 Å². The van der Waals surface area contributed by atoms with Gasteiger partial charge in [-0.3, -0.25) is 4.79 Å². The summed E-state index contributed by atoms with van der Waals surface area (Å²) in [5.41, 5.74) is 4.41. The van der Waals surface area contributed by atoms with Crippen LogP contribution in [0.15, 0.2) is 84.9 Å². The highest BCUT2D eigenvalue weighted by atomic mass is 16.5. The highest BCUT2D eigenvalue weighted by molar-refractivity contribution is 5.96. The van der Waals surface area contributed by atoms with Gasteiger partial charge in [-0.15, -0.1) is 0 Å². The second-order valence-corrected chi connectivity index (χ2v) is 7.27. The molecule has 0 fully saturated rings. The van der Waals surface area contributed by atoms with Gasteiger partial charge in [-0.25, -0.2) is 0 Å². The molecule has 0 bridgehead atoms. The molecule has 0 aliphatic rings. The van der Waals surface area contributed by atoms with E-state index in [1.165, 1.54) is 16.7 Å². The number of benzene rings is 3. The van der Waals surface area contributed by atoms with Gasteiger partial charge in [0.05, 0.1) is 12.2 Å². The molecule has 0 radical (unpaired) electrons. The summed E-state index contributed by atoms with van der Waals surface area (Å²) in [5.74, 6) is 0.135. The normalized spacial score (nSPS) is 13.1. The van der Waals surface area contributed by atoms with Crippen molar-refractivity contribution in [1.29, 1.82) is 0 Å². The van der Waals surface area contributed by atoms with E-state index in [1.54, 1.807) is 0 Å². The Morgan fingerprint density at radius 2 is 1.46 bits per heavy atom. The third-order valence-corrected chi connectivity index (χ3v) is 5.13. The van der Waals surface area contributed by atoms with E-state index < -0.39 is 0 Å². The van der Waals surface area contributed by atoms with Crippen molar-refractivity contribution in [3.8, 4) is 0 Å². The zero-order valence-corrected chi connectivity index (χ0v) is 16.7. The molecule has 2 heteroatoms. The number of carbonyl (C=O) groups is 1. The molecule has 3 rings (SSSR count). The van der Waals surface area contributed by atoms with E-state index in [-0.39, 0.29) is 18.0 Å². The van der Waals surface area contributed by atoms with Gasteiger partial charge in [0.1, 0.15) is 0 Å². The number of rotatable bonds is 9. The van der Waals surface area contributed by atoms with Gasteiger partial charge in [0.2, 0.25) is 0 Å². The minimum atomic E-state index is -0.123. The second kappa shape index (κ2) is 10.0. The summed E-state index contributed by atoms with van der Waals surface area (Å²) in [5, 5.41) is 0. The molecule has 0 heterocycles. The summed E-state index contributed by atoms with van der Waals surface area (Å²) in [4.78, 5) is 12.8. The fourth-order valence-corrected chi connectivity index (χ4v) is 3.54. The fourth-order valence-electron chi connectivity index (χ4n) is 3.54. The quantitative estimate of drug-likeness (QED) is 0.409. The molecule has 0 N–H and O–H groups in total. The van der Waals surface area contributed by atoms with Crippen molar-refractivity contribution in [2.75, 3.05) is 0 Å². The lowest BCUT2D eigenvalue weighted by Gasteiger charge is -2.24. The molecule has 28 heavy (non-hydrogen) atoms. The molecule has 3 aromatic carbocycles. The van der Waals surface area contributed by atoms with Crippen molar-refractivity contribution in [2.24, 2.45) is 0 Å². The number of aryl methyl sites for hydroxylation is 2. The molecule has 144 valence electrons. The number of ether oxygens (including phenoxy) is 1. The second-order valence-electron chi connectivity index (χ2n) is 7.27. The Balaban J connectivity index is 1.71. The van der Waals surface area contributed by atoms with Crippen LogP contribution in [0, 0.1) is 6.92 Å². The maximum absolute atomic E-state index is 12.8. The van der Waals surface area contributed by atoms with Crippen LogP contribution in [-0.4, -0.2) is 11.9 Å². The van der Waals surface area contributed by atoms with Crippen LogP contribution in [0.2, 0.25) is 0 Å². The van der Waals surface area contributed by atoms with Gasteiger partial charge in [-0.2, -0.15) is 0 Å². The molecule has 0 aromatic heterocycles. The van der Waals surface area contributed by atoms with E-state index >= 15 is 0 Å². The maximum atomic E-state index is 12.8. The van der Waals surface area contributed by atoms with Gasteiger partial charge in [-0.05, 0) is 43.4 Å². The topological polar surface area (TPSA) is 26.3 Å².